The molecule has 0 saturated heterocycles. The summed E-state index contributed by atoms with van der Waals surface area (Å²) >= 11 is 0. The summed E-state index contributed by atoms with van der Waals surface area (Å²) in [4.78, 5) is 2.35. The van der Waals surface area contributed by atoms with Gasteiger partial charge < -0.3 is 10.2 Å². The van der Waals surface area contributed by atoms with E-state index in [1.807, 2.05) is 19.1 Å². The molecule has 3 heteroatoms. The summed E-state index contributed by atoms with van der Waals surface area (Å²) in [6.07, 6.45) is 4.15. The fraction of sp³-hybridized carbons (Fsp3) is 0.667. The maximum atomic E-state index is 5.82. The van der Waals surface area contributed by atoms with Crippen LogP contribution in [-0.4, -0.2) is 24.0 Å². The molecule has 0 fully saturated rings. The van der Waals surface area contributed by atoms with Crippen LogP contribution in [0, 0.1) is 0 Å². The van der Waals surface area contributed by atoms with Gasteiger partial charge in [0.2, 0.25) is 0 Å². The molecular formula is C12H22N2O. The van der Waals surface area contributed by atoms with Crippen molar-refractivity contribution in [3.8, 4) is 0 Å². The highest BCUT2D eigenvalue weighted by atomic mass is 16.3. The Hall–Kier alpha value is -0.800. The van der Waals surface area contributed by atoms with Gasteiger partial charge in [-0.3, -0.25) is 4.90 Å². The molecule has 0 amide bonds. The molecule has 0 aliphatic rings. The van der Waals surface area contributed by atoms with Crippen LogP contribution in [0.25, 0.3) is 0 Å². The van der Waals surface area contributed by atoms with Gasteiger partial charge in [-0.25, -0.2) is 0 Å². The van der Waals surface area contributed by atoms with Gasteiger partial charge in [0, 0.05) is 12.6 Å². The van der Waals surface area contributed by atoms with Crippen molar-refractivity contribution in [2.75, 3.05) is 13.1 Å². The standard InChI is InChI=1S/C12H22N2O/c1-3-4-7-14(9-11(2)13)10-12-6-5-8-15-12/h5-6,8,11H,3-4,7,9-10,13H2,1-2H3/t11-/m1/s1. The third-order valence-electron chi connectivity index (χ3n) is 2.33. The van der Waals surface area contributed by atoms with Crippen LogP contribution in [0.3, 0.4) is 0 Å². The Balaban J connectivity index is 2.41. The maximum Gasteiger partial charge on any atom is 0.117 e. The Morgan fingerprint density at radius 2 is 2.33 bits per heavy atom. The van der Waals surface area contributed by atoms with Crippen molar-refractivity contribution in [2.24, 2.45) is 5.73 Å². The number of furan rings is 1. The number of hydrogen-bond donors (Lipinski definition) is 1. The second-order valence-corrected chi connectivity index (χ2v) is 4.15. The first-order chi connectivity index (χ1) is 7.22. The number of nitrogens with zero attached hydrogens (tertiary/aromatic N) is 1. The molecule has 1 rings (SSSR count). The predicted molar refractivity (Wildman–Crippen MR) is 62.5 cm³/mol. The Morgan fingerprint density at radius 3 is 2.87 bits per heavy atom. The molecule has 1 heterocycles. The minimum absolute atomic E-state index is 0.219. The van der Waals surface area contributed by atoms with Gasteiger partial charge in [0.05, 0.1) is 12.8 Å². The van der Waals surface area contributed by atoms with Crippen LogP contribution in [0.4, 0.5) is 0 Å². The van der Waals surface area contributed by atoms with E-state index < -0.39 is 0 Å². The second kappa shape index (κ2) is 6.64. The van der Waals surface area contributed by atoms with Crippen molar-refractivity contribution in [1.29, 1.82) is 0 Å². The largest absolute Gasteiger partial charge is 0.468 e. The van der Waals surface area contributed by atoms with Gasteiger partial charge >= 0.3 is 0 Å². The Bertz CT molecular complexity index is 244. The molecule has 0 aliphatic heterocycles. The molecule has 0 saturated carbocycles. The monoisotopic (exact) mass is 210 g/mol. The molecule has 86 valence electrons. The summed E-state index contributed by atoms with van der Waals surface area (Å²) in [5, 5.41) is 0. The van der Waals surface area contributed by atoms with E-state index >= 15 is 0 Å². The van der Waals surface area contributed by atoms with Crippen LogP contribution in [0.5, 0.6) is 0 Å². The van der Waals surface area contributed by atoms with Crippen LogP contribution in [0.15, 0.2) is 22.8 Å². The predicted octanol–water partition coefficient (Wildman–Crippen LogP) is 2.23. The quantitative estimate of drug-likeness (QED) is 0.750. The maximum absolute atomic E-state index is 5.82. The first kappa shape index (κ1) is 12.3. The lowest BCUT2D eigenvalue weighted by Gasteiger charge is -2.22. The average molecular weight is 210 g/mol. The molecular weight excluding hydrogens is 188 g/mol. The van der Waals surface area contributed by atoms with Crippen molar-refractivity contribution in [3.05, 3.63) is 24.2 Å². The summed E-state index contributed by atoms with van der Waals surface area (Å²) < 4.78 is 5.34. The molecule has 1 atom stereocenters. The SMILES string of the molecule is CCCCN(Cc1ccco1)C[C@@H](C)N. The minimum atomic E-state index is 0.219. The van der Waals surface area contributed by atoms with E-state index in [1.54, 1.807) is 6.26 Å². The van der Waals surface area contributed by atoms with E-state index in [-0.39, 0.29) is 6.04 Å². The zero-order valence-electron chi connectivity index (χ0n) is 9.78. The van der Waals surface area contributed by atoms with E-state index in [0.29, 0.717) is 0 Å². The lowest BCUT2D eigenvalue weighted by Crippen LogP contribution is -2.35. The molecule has 0 aliphatic carbocycles. The average Bonchev–Trinajstić information content (AvgIpc) is 2.66. The zero-order chi connectivity index (χ0) is 11.1. The number of nitrogens with two attached hydrogens (primary N) is 1. The zero-order valence-corrected chi connectivity index (χ0v) is 9.78. The lowest BCUT2D eigenvalue weighted by molar-refractivity contribution is 0.230. The molecule has 0 radical (unpaired) electrons. The van der Waals surface area contributed by atoms with E-state index in [1.165, 1.54) is 12.8 Å². The second-order valence-electron chi connectivity index (χ2n) is 4.15. The first-order valence-electron chi connectivity index (χ1n) is 5.72. The van der Waals surface area contributed by atoms with Crippen LogP contribution < -0.4 is 5.73 Å². The third kappa shape index (κ3) is 5.00. The van der Waals surface area contributed by atoms with Crippen molar-refractivity contribution >= 4 is 0 Å². The summed E-state index contributed by atoms with van der Waals surface area (Å²) in [7, 11) is 0. The molecule has 3 nitrogen and oxygen atoms in total. The number of rotatable bonds is 7. The molecule has 1 aromatic heterocycles. The number of hydrogen-bond acceptors (Lipinski definition) is 3. The van der Waals surface area contributed by atoms with Gasteiger partial charge in [-0.15, -0.1) is 0 Å². The molecule has 2 N–H and O–H groups in total. The lowest BCUT2D eigenvalue weighted by atomic mass is 10.2. The Labute approximate surface area is 92.2 Å². The van der Waals surface area contributed by atoms with E-state index in [0.717, 1.165) is 25.4 Å². The van der Waals surface area contributed by atoms with E-state index in [2.05, 4.69) is 11.8 Å². The van der Waals surface area contributed by atoms with E-state index in [4.69, 9.17) is 10.2 Å². The Kier molecular flexibility index (Phi) is 5.43. The van der Waals surface area contributed by atoms with E-state index in [9.17, 15) is 0 Å². The molecule has 0 aromatic carbocycles. The summed E-state index contributed by atoms with van der Waals surface area (Å²) in [6, 6.07) is 4.16. The van der Waals surface area contributed by atoms with Crippen molar-refractivity contribution in [2.45, 2.75) is 39.3 Å². The fourth-order valence-corrected chi connectivity index (χ4v) is 1.65. The van der Waals surface area contributed by atoms with Crippen LogP contribution in [0.2, 0.25) is 0 Å². The van der Waals surface area contributed by atoms with Gasteiger partial charge in [-0.1, -0.05) is 13.3 Å². The third-order valence-corrected chi connectivity index (χ3v) is 2.33. The minimum Gasteiger partial charge on any atom is -0.468 e. The number of unbranched alkanes of at least 4 members (excludes halogenated alkanes) is 1. The first-order valence-corrected chi connectivity index (χ1v) is 5.72. The van der Waals surface area contributed by atoms with Crippen molar-refractivity contribution in [3.63, 3.8) is 0 Å². The van der Waals surface area contributed by atoms with Gasteiger partial charge in [-0.2, -0.15) is 0 Å². The molecule has 0 spiro atoms. The van der Waals surface area contributed by atoms with Gasteiger partial charge in [0.25, 0.3) is 0 Å². The van der Waals surface area contributed by atoms with Gasteiger partial charge in [0.1, 0.15) is 5.76 Å². The normalized spacial score (nSPS) is 13.3. The highest BCUT2D eigenvalue weighted by Gasteiger charge is 2.09. The van der Waals surface area contributed by atoms with Crippen molar-refractivity contribution < 1.29 is 4.42 Å². The highest BCUT2D eigenvalue weighted by Crippen LogP contribution is 2.07. The molecule has 0 unspecified atom stereocenters. The fourth-order valence-electron chi connectivity index (χ4n) is 1.65. The van der Waals surface area contributed by atoms with Crippen LogP contribution in [-0.2, 0) is 6.54 Å². The van der Waals surface area contributed by atoms with Gasteiger partial charge in [0.15, 0.2) is 0 Å². The molecule has 15 heavy (non-hydrogen) atoms. The summed E-state index contributed by atoms with van der Waals surface area (Å²) in [5.74, 6) is 1.02. The highest BCUT2D eigenvalue weighted by molar-refractivity contribution is 4.97. The van der Waals surface area contributed by atoms with Crippen LogP contribution in [0.1, 0.15) is 32.4 Å². The molecule has 0 bridgehead atoms. The summed E-state index contributed by atoms with van der Waals surface area (Å²) in [6.45, 7) is 7.14. The van der Waals surface area contributed by atoms with Crippen LogP contribution >= 0.6 is 0 Å². The van der Waals surface area contributed by atoms with Crippen molar-refractivity contribution in [1.82, 2.24) is 4.90 Å². The Morgan fingerprint density at radius 1 is 1.53 bits per heavy atom. The van der Waals surface area contributed by atoms with Gasteiger partial charge in [-0.05, 0) is 32.0 Å². The summed E-state index contributed by atoms with van der Waals surface area (Å²) in [5.41, 5.74) is 5.82. The smallest absolute Gasteiger partial charge is 0.117 e. The topological polar surface area (TPSA) is 42.4 Å². The molecule has 1 aromatic rings.